The average molecular weight is 322 g/mol. The maximum absolute atomic E-state index is 12.4. The highest BCUT2D eigenvalue weighted by atomic mass is 16.3. The van der Waals surface area contributed by atoms with E-state index in [0.29, 0.717) is 0 Å². The van der Waals surface area contributed by atoms with Crippen LogP contribution in [0.15, 0.2) is 60.7 Å². The molecular weight excluding hydrogens is 300 g/mol. The molecule has 4 nitrogen and oxygen atoms in total. The Morgan fingerprint density at radius 2 is 1.83 bits per heavy atom. The Hall–Kier alpha value is -2.59. The number of hydrogen-bond acceptors (Lipinski definition) is 3. The summed E-state index contributed by atoms with van der Waals surface area (Å²) in [5, 5.41) is 12.3. The van der Waals surface area contributed by atoms with E-state index < -0.39 is 0 Å². The molecule has 1 aliphatic heterocycles. The molecule has 1 heterocycles. The van der Waals surface area contributed by atoms with Gasteiger partial charge in [-0.15, -0.1) is 0 Å². The number of hydrogen-bond donors (Lipinski definition) is 2. The van der Waals surface area contributed by atoms with Crippen molar-refractivity contribution >= 4 is 17.2 Å². The highest BCUT2D eigenvalue weighted by Gasteiger charge is 2.23. The van der Waals surface area contributed by atoms with Crippen molar-refractivity contribution in [2.75, 3.05) is 18.4 Å². The zero-order valence-electron chi connectivity index (χ0n) is 13.8. The van der Waals surface area contributed by atoms with Gasteiger partial charge in [-0.1, -0.05) is 36.4 Å². The van der Waals surface area contributed by atoms with Crippen LogP contribution in [0.1, 0.15) is 18.9 Å². The van der Waals surface area contributed by atoms with Crippen LogP contribution in [-0.4, -0.2) is 35.0 Å². The Labute approximate surface area is 142 Å². The Morgan fingerprint density at radius 1 is 1.12 bits per heavy atom. The van der Waals surface area contributed by atoms with Gasteiger partial charge in [-0.3, -0.25) is 9.69 Å². The van der Waals surface area contributed by atoms with Gasteiger partial charge >= 0.3 is 0 Å². The molecule has 0 radical (unpaired) electrons. The van der Waals surface area contributed by atoms with E-state index >= 15 is 0 Å². The van der Waals surface area contributed by atoms with Crippen LogP contribution in [0.4, 0.5) is 5.69 Å². The molecule has 0 bridgehead atoms. The highest BCUT2D eigenvalue weighted by molar-refractivity contribution is 5.94. The van der Waals surface area contributed by atoms with Gasteiger partial charge in [0.2, 0.25) is 5.91 Å². The number of nitrogens with one attached hydrogen (secondary N) is 1. The summed E-state index contributed by atoms with van der Waals surface area (Å²) in [6.07, 6.45) is 3.07. The van der Waals surface area contributed by atoms with Crippen LogP contribution in [0.2, 0.25) is 0 Å². The fourth-order valence-electron chi connectivity index (χ4n) is 2.91. The summed E-state index contributed by atoms with van der Waals surface area (Å²) in [5.74, 6) is 0.297. The molecule has 0 aliphatic carbocycles. The molecule has 24 heavy (non-hydrogen) atoms. The van der Waals surface area contributed by atoms with Gasteiger partial charge in [0.05, 0.1) is 6.04 Å². The van der Waals surface area contributed by atoms with Crippen molar-refractivity contribution < 1.29 is 9.90 Å². The average Bonchev–Trinajstić information content (AvgIpc) is 2.63. The summed E-state index contributed by atoms with van der Waals surface area (Å²) >= 11 is 0. The topological polar surface area (TPSA) is 52.6 Å². The first kappa shape index (κ1) is 16.3. The van der Waals surface area contributed by atoms with E-state index in [-0.39, 0.29) is 17.7 Å². The standard InChI is InChI=1S/C20H22N2O2/c1-15(20(24)21-18-5-3-2-4-6-18)22-13-11-17(12-14-22)16-7-9-19(23)10-8-16/h2-11,15,23H,12-14H2,1H3,(H,21,24). The molecule has 1 atom stereocenters. The first-order valence-electron chi connectivity index (χ1n) is 8.22. The maximum atomic E-state index is 12.4. The molecule has 0 saturated heterocycles. The van der Waals surface area contributed by atoms with Crippen molar-refractivity contribution in [1.82, 2.24) is 4.90 Å². The van der Waals surface area contributed by atoms with E-state index in [1.54, 1.807) is 12.1 Å². The zero-order chi connectivity index (χ0) is 16.9. The number of carbonyl (C=O) groups excluding carboxylic acids is 1. The number of phenolic OH excluding ortho intramolecular Hbond substituents is 1. The largest absolute Gasteiger partial charge is 0.508 e. The van der Waals surface area contributed by atoms with Gasteiger partial charge in [-0.05, 0) is 48.7 Å². The second kappa shape index (κ2) is 7.32. The van der Waals surface area contributed by atoms with Crippen LogP contribution in [-0.2, 0) is 4.79 Å². The quantitative estimate of drug-likeness (QED) is 0.906. The van der Waals surface area contributed by atoms with E-state index in [4.69, 9.17) is 0 Å². The van der Waals surface area contributed by atoms with Crippen LogP contribution in [0.5, 0.6) is 5.75 Å². The van der Waals surface area contributed by atoms with Crippen LogP contribution in [0.3, 0.4) is 0 Å². The fraction of sp³-hybridized carbons (Fsp3) is 0.250. The van der Waals surface area contributed by atoms with Gasteiger partial charge in [0.15, 0.2) is 0 Å². The lowest BCUT2D eigenvalue weighted by Gasteiger charge is -2.31. The fourth-order valence-corrected chi connectivity index (χ4v) is 2.91. The molecule has 2 aromatic carbocycles. The van der Waals surface area contributed by atoms with E-state index in [1.165, 1.54) is 5.57 Å². The molecular formula is C20H22N2O2. The van der Waals surface area contributed by atoms with Crippen LogP contribution in [0, 0.1) is 0 Å². The zero-order valence-corrected chi connectivity index (χ0v) is 13.8. The number of anilines is 1. The summed E-state index contributed by atoms with van der Waals surface area (Å²) in [7, 11) is 0. The Kier molecular flexibility index (Phi) is 4.96. The van der Waals surface area contributed by atoms with E-state index in [0.717, 1.165) is 30.8 Å². The molecule has 0 aromatic heterocycles. The van der Waals surface area contributed by atoms with Gasteiger partial charge < -0.3 is 10.4 Å². The minimum atomic E-state index is -0.178. The van der Waals surface area contributed by atoms with Crippen molar-refractivity contribution in [2.24, 2.45) is 0 Å². The number of rotatable bonds is 4. The first-order chi connectivity index (χ1) is 11.6. The van der Waals surface area contributed by atoms with Gasteiger partial charge in [0.1, 0.15) is 5.75 Å². The second-order valence-corrected chi connectivity index (χ2v) is 6.05. The summed E-state index contributed by atoms with van der Waals surface area (Å²) < 4.78 is 0. The lowest BCUT2D eigenvalue weighted by Crippen LogP contribution is -2.44. The summed E-state index contributed by atoms with van der Waals surface area (Å²) in [5.41, 5.74) is 3.22. The number of phenols is 1. The van der Waals surface area contributed by atoms with E-state index in [9.17, 15) is 9.90 Å². The smallest absolute Gasteiger partial charge is 0.241 e. The van der Waals surface area contributed by atoms with Gasteiger partial charge in [-0.2, -0.15) is 0 Å². The van der Waals surface area contributed by atoms with Crippen LogP contribution in [0.25, 0.3) is 5.57 Å². The van der Waals surface area contributed by atoms with E-state index in [1.807, 2.05) is 49.4 Å². The third kappa shape index (κ3) is 3.84. The van der Waals surface area contributed by atoms with Crippen molar-refractivity contribution in [3.8, 4) is 5.75 Å². The number of carbonyl (C=O) groups is 1. The van der Waals surface area contributed by atoms with Crippen molar-refractivity contribution in [3.05, 3.63) is 66.2 Å². The Bertz CT molecular complexity index is 723. The minimum Gasteiger partial charge on any atom is -0.508 e. The molecule has 0 saturated carbocycles. The molecule has 1 amide bonds. The monoisotopic (exact) mass is 322 g/mol. The molecule has 1 unspecified atom stereocenters. The lowest BCUT2D eigenvalue weighted by atomic mass is 9.98. The Balaban J connectivity index is 1.61. The van der Waals surface area contributed by atoms with Gasteiger partial charge in [-0.25, -0.2) is 0 Å². The SMILES string of the molecule is CC(C(=O)Nc1ccccc1)N1CC=C(c2ccc(O)cc2)CC1. The number of para-hydroxylation sites is 1. The predicted molar refractivity (Wildman–Crippen MR) is 96.8 cm³/mol. The van der Waals surface area contributed by atoms with E-state index in [2.05, 4.69) is 16.3 Å². The lowest BCUT2D eigenvalue weighted by molar-refractivity contribution is -0.120. The van der Waals surface area contributed by atoms with Gasteiger partial charge in [0.25, 0.3) is 0 Å². The van der Waals surface area contributed by atoms with Crippen molar-refractivity contribution in [3.63, 3.8) is 0 Å². The first-order valence-corrected chi connectivity index (χ1v) is 8.22. The molecule has 4 heteroatoms. The molecule has 2 aromatic rings. The number of nitrogens with zero attached hydrogens (tertiary/aromatic N) is 1. The molecule has 3 rings (SSSR count). The normalized spacial score (nSPS) is 16.3. The number of aromatic hydroxyl groups is 1. The molecule has 2 N–H and O–H groups in total. The second-order valence-electron chi connectivity index (χ2n) is 6.05. The highest BCUT2D eigenvalue weighted by Crippen LogP contribution is 2.25. The maximum Gasteiger partial charge on any atom is 0.241 e. The Morgan fingerprint density at radius 3 is 2.46 bits per heavy atom. The van der Waals surface area contributed by atoms with Crippen LogP contribution >= 0.6 is 0 Å². The number of amides is 1. The summed E-state index contributed by atoms with van der Waals surface area (Å²) in [6.45, 7) is 3.54. The minimum absolute atomic E-state index is 0.0164. The van der Waals surface area contributed by atoms with Crippen molar-refractivity contribution in [1.29, 1.82) is 0 Å². The summed E-state index contributed by atoms with van der Waals surface area (Å²) in [6, 6.07) is 16.6. The molecule has 124 valence electrons. The predicted octanol–water partition coefficient (Wildman–Crippen LogP) is 3.51. The summed E-state index contributed by atoms with van der Waals surface area (Å²) in [4.78, 5) is 14.6. The third-order valence-electron chi connectivity index (χ3n) is 4.45. The number of benzene rings is 2. The molecule has 0 spiro atoms. The third-order valence-corrected chi connectivity index (χ3v) is 4.45. The molecule has 1 aliphatic rings. The van der Waals surface area contributed by atoms with Gasteiger partial charge in [0, 0.05) is 18.8 Å². The van der Waals surface area contributed by atoms with Crippen molar-refractivity contribution in [2.45, 2.75) is 19.4 Å². The van der Waals surface area contributed by atoms with Crippen LogP contribution < -0.4 is 5.32 Å². The molecule has 0 fully saturated rings.